The fourth-order valence-electron chi connectivity index (χ4n) is 2.23. The van der Waals surface area contributed by atoms with Crippen LogP contribution in [0.25, 0.3) is 0 Å². The molecule has 2 rings (SSSR count). The molecule has 1 aliphatic carbocycles. The van der Waals surface area contributed by atoms with E-state index < -0.39 is 0 Å². The highest BCUT2D eigenvalue weighted by molar-refractivity contribution is 6.18. The molecule has 0 heterocycles. The first-order chi connectivity index (χ1) is 7.81. The summed E-state index contributed by atoms with van der Waals surface area (Å²) in [5.74, 6) is 1.64. The van der Waals surface area contributed by atoms with Gasteiger partial charge in [-0.15, -0.1) is 11.6 Å². The van der Waals surface area contributed by atoms with Gasteiger partial charge in [0.05, 0.1) is 0 Å². The summed E-state index contributed by atoms with van der Waals surface area (Å²) in [7, 11) is 0. The minimum atomic E-state index is 0.680. The topological polar surface area (TPSA) is 3.24 Å². The van der Waals surface area contributed by atoms with Crippen molar-refractivity contribution in [2.75, 3.05) is 12.4 Å². The molecule has 0 amide bonds. The standard InChI is InChI=1S/C14H20ClN/c1-12(14-7-8-14)16(10-9-15)11-13-5-3-2-4-6-13/h2-6,12,14H,7-11H2,1H3. The lowest BCUT2D eigenvalue weighted by atomic mass is 10.1. The predicted octanol–water partition coefficient (Wildman–Crippen LogP) is 3.53. The molecule has 0 N–H and O–H groups in total. The van der Waals surface area contributed by atoms with Crippen LogP contribution >= 0.6 is 11.6 Å². The van der Waals surface area contributed by atoms with Gasteiger partial charge in [-0.2, -0.15) is 0 Å². The van der Waals surface area contributed by atoms with Crippen LogP contribution in [0, 0.1) is 5.92 Å². The Kier molecular flexibility index (Phi) is 4.25. The van der Waals surface area contributed by atoms with E-state index in [4.69, 9.17) is 11.6 Å². The molecule has 0 spiro atoms. The SMILES string of the molecule is CC(C1CC1)N(CCCl)Cc1ccccc1. The maximum absolute atomic E-state index is 5.89. The van der Waals surface area contributed by atoms with Crippen LogP contribution < -0.4 is 0 Å². The molecule has 1 nitrogen and oxygen atoms in total. The highest BCUT2D eigenvalue weighted by Crippen LogP contribution is 2.35. The van der Waals surface area contributed by atoms with Gasteiger partial charge in [-0.1, -0.05) is 30.3 Å². The largest absolute Gasteiger partial charge is 0.295 e. The van der Waals surface area contributed by atoms with Crippen molar-refractivity contribution in [3.63, 3.8) is 0 Å². The molecule has 0 radical (unpaired) electrons. The minimum absolute atomic E-state index is 0.680. The van der Waals surface area contributed by atoms with Crippen LogP contribution in [-0.4, -0.2) is 23.4 Å². The molecule has 0 aromatic heterocycles. The first-order valence-electron chi connectivity index (χ1n) is 6.15. The molecule has 16 heavy (non-hydrogen) atoms. The van der Waals surface area contributed by atoms with Crippen LogP contribution in [-0.2, 0) is 6.54 Å². The molecule has 1 saturated carbocycles. The summed E-state index contributed by atoms with van der Waals surface area (Å²) in [6.45, 7) is 4.37. The summed E-state index contributed by atoms with van der Waals surface area (Å²) in [6.07, 6.45) is 2.80. The average Bonchev–Trinajstić information content (AvgIpc) is 3.13. The van der Waals surface area contributed by atoms with Crippen molar-refractivity contribution in [1.82, 2.24) is 4.90 Å². The molecular weight excluding hydrogens is 218 g/mol. The van der Waals surface area contributed by atoms with Gasteiger partial charge in [0, 0.05) is 25.0 Å². The van der Waals surface area contributed by atoms with Gasteiger partial charge in [0.25, 0.3) is 0 Å². The second kappa shape index (κ2) is 5.70. The van der Waals surface area contributed by atoms with Crippen molar-refractivity contribution in [2.24, 2.45) is 5.92 Å². The number of hydrogen-bond acceptors (Lipinski definition) is 1. The van der Waals surface area contributed by atoms with Gasteiger partial charge >= 0.3 is 0 Å². The van der Waals surface area contributed by atoms with E-state index in [-0.39, 0.29) is 0 Å². The molecule has 2 heteroatoms. The Labute approximate surface area is 103 Å². The molecule has 1 atom stereocenters. The quantitative estimate of drug-likeness (QED) is 0.685. The third kappa shape index (κ3) is 3.23. The van der Waals surface area contributed by atoms with Crippen LogP contribution in [0.4, 0.5) is 0 Å². The highest BCUT2D eigenvalue weighted by atomic mass is 35.5. The zero-order valence-electron chi connectivity index (χ0n) is 9.90. The first-order valence-corrected chi connectivity index (χ1v) is 6.68. The van der Waals surface area contributed by atoms with Crippen molar-refractivity contribution in [2.45, 2.75) is 32.4 Å². The van der Waals surface area contributed by atoms with Crippen molar-refractivity contribution in [3.8, 4) is 0 Å². The molecule has 1 aromatic rings. The molecule has 0 bridgehead atoms. The monoisotopic (exact) mass is 237 g/mol. The van der Waals surface area contributed by atoms with E-state index in [1.807, 2.05) is 0 Å². The van der Waals surface area contributed by atoms with Crippen molar-refractivity contribution < 1.29 is 0 Å². The number of nitrogens with zero attached hydrogens (tertiary/aromatic N) is 1. The fraction of sp³-hybridized carbons (Fsp3) is 0.571. The van der Waals surface area contributed by atoms with Gasteiger partial charge < -0.3 is 0 Å². The van der Waals surface area contributed by atoms with Crippen molar-refractivity contribution >= 4 is 11.6 Å². The second-order valence-electron chi connectivity index (χ2n) is 4.72. The van der Waals surface area contributed by atoms with Gasteiger partial charge in [-0.05, 0) is 31.2 Å². The molecule has 1 unspecified atom stereocenters. The van der Waals surface area contributed by atoms with Gasteiger partial charge in [0.1, 0.15) is 0 Å². The fourth-order valence-corrected chi connectivity index (χ4v) is 2.45. The summed E-state index contributed by atoms with van der Waals surface area (Å²) >= 11 is 5.89. The van der Waals surface area contributed by atoms with E-state index in [1.165, 1.54) is 18.4 Å². The lowest BCUT2D eigenvalue weighted by molar-refractivity contribution is 0.192. The Morgan fingerprint density at radius 1 is 1.31 bits per heavy atom. The third-order valence-electron chi connectivity index (χ3n) is 3.48. The number of hydrogen-bond donors (Lipinski definition) is 0. The summed E-state index contributed by atoms with van der Waals surface area (Å²) < 4.78 is 0. The van der Waals surface area contributed by atoms with Crippen LogP contribution in [0.5, 0.6) is 0 Å². The highest BCUT2D eigenvalue weighted by Gasteiger charge is 2.31. The summed E-state index contributed by atoms with van der Waals surface area (Å²) in [6, 6.07) is 11.4. The van der Waals surface area contributed by atoms with Gasteiger partial charge in [-0.3, -0.25) is 4.90 Å². The molecule has 0 aliphatic heterocycles. The maximum atomic E-state index is 5.89. The van der Waals surface area contributed by atoms with E-state index in [0.29, 0.717) is 6.04 Å². The van der Waals surface area contributed by atoms with E-state index >= 15 is 0 Å². The van der Waals surface area contributed by atoms with Crippen LogP contribution in [0.1, 0.15) is 25.3 Å². The predicted molar refractivity (Wildman–Crippen MR) is 69.8 cm³/mol. The zero-order chi connectivity index (χ0) is 11.4. The Morgan fingerprint density at radius 3 is 2.56 bits per heavy atom. The smallest absolute Gasteiger partial charge is 0.0351 e. The second-order valence-corrected chi connectivity index (χ2v) is 5.10. The van der Waals surface area contributed by atoms with Crippen molar-refractivity contribution in [3.05, 3.63) is 35.9 Å². The van der Waals surface area contributed by atoms with Gasteiger partial charge in [0.2, 0.25) is 0 Å². The molecule has 1 aromatic carbocycles. The molecule has 1 fully saturated rings. The van der Waals surface area contributed by atoms with E-state index in [2.05, 4.69) is 42.2 Å². The Balaban J connectivity index is 1.96. The van der Waals surface area contributed by atoms with Crippen molar-refractivity contribution in [1.29, 1.82) is 0 Å². The number of rotatable bonds is 6. The Hall–Kier alpha value is -0.530. The lowest BCUT2D eigenvalue weighted by Gasteiger charge is -2.28. The lowest BCUT2D eigenvalue weighted by Crippen LogP contribution is -2.35. The summed E-state index contributed by atoms with van der Waals surface area (Å²) in [4.78, 5) is 2.51. The van der Waals surface area contributed by atoms with Crippen LogP contribution in [0.2, 0.25) is 0 Å². The first kappa shape index (κ1) is 11.9. The van der Waals surface area contributed by atoms with Gasteiger partial charge in [0.15, 0.2) is 0 Å². The Morgan fingerprint density at radius 2 is 2.00 bits per heavy atom. The van der Waals surface area contributed by atoms with Crippen LogP contribution in [0.3, 0.4) is 0 Å². The molecule has 1 aliphatic rings. The minimum Gasteiger partial charge on any atom is -0.295 e. The summed E-state index contributed by atoms with van der Waals surface area (Å²) in [5.41, 5.74) is 1.39. The molecule has 88 valence electrons. The van der Waals surface area contributed by atoms with Crippen LogP contribution in [0.15, 0.2) is 30.3 Å². The average molecular weight is 238 g/mol. The zero-order valence-corrected chi connectivity index (χ0v) is 10.7. The molecular formula is C14H20ClN. The molecule has 0 saturated heterocycles. The van der Waals surface area contributed by atoms with Gasteiger partial charge in [-0.25, -0.2) is 0 Å². The number of halogens is 1. The normalized spacial score (nSPS) is 17.7. The maximum Gasteiger partial charge on any atom is 0.0351 e. The number of benzene rings is 1. The van der Waals surface area contributed by atoms with E-state index in [0.717, 1.165) is 24.9 Å². The number of alkyl halides is 1. The Bertz CT molecular complexity index is 308. The van der Waals surface area contributed by atoms with E-state index in [1.54, 1.807) is 0 Å². The van der Waals surface area contributed by atoms with E-state index in [9.17, 15) is 0 Å². The third-order valence-corrected chi connectivity index (χ3v) is 3.65. The summed E-state index contributed by atoms with van der Waals surface area (Å²) in [5, 5.41) is 0.